The third-order valence-electron chi connectivity index (χ3n) is 9.12. The average Bonchev–Trinajstić information content (AvgIpc) is 3.60. The number of hydrogen-bond acceptors (Lipinski definition) is 6. The second-order valence-electron chi connectivity index (χ2n) is 12.8. The predicted octanol–water partition coefficient (Wildman–Crippen LogP) is 9.84. The molecule has 0 aliphatic carbocycles. The Labute approximate surface area is 323 Å². The first-order valence-electron chi connectivity index (χ1n) is 17.6. The molecule has 1 aliphatic rings. The zero-order valence-corrected chi connectivity index (χ0v) is 31.4. The quantitative estimate of drug-likeness (QED) is 0.108. The third-order valence-corrected chi connectivity index (χ3v) is 10.8. The van der Waals surface area contributed by atoms with Gasteiger partial charge in [0.05, 0.1) is 6.61 Å². The maximum Gasteiger partial charge on any atom is 0.252 e. The zero-order valence-electron chi connectivity index (χ0n) is 29.0. The lowest BCUT2D eigenvalue weighted by Crippen LogP contribution is -2.49. The minimum atomic E-state index is -1.34. The van der Waals surface area contributed by atoms with Crippen LogP contribution in [0.25, 0.3) is 11.1 Å². The summed E-state index contributed by atoms with van der Waals surface area (Å²) in [6.07, 6.45) is 0.134. The summed E-state index contributed by atoms with van der Waals surface area (Å²) in [5.74, 6) is 0.840. The number of rotatable bonds is 14. The Balaban J connectivity index is 1.26. The highest BCUT2D eigenvalue weighted by Crippen LogP contribution is 2.43. The SMILES string of the molecule is O=C(NCc1ccccc1Sc1ccccc1)[C@]1(Cc2ccc(Br)cc2)N=C(c2ccc(OCCCO)cc2)O[C@@H]1c1ccc(-c2ccccc2)cc1. The van der Waals surface area contributed by atoms with Gasteiger partial charge in [-0.15, -0.1) is 0 Å². The largest absolute Gasteiger partial charge is 0.494 e. The summed E-state index contributed by atoms with van der Waals surface area (Å²) in [6, 6.07) is 52.3. The van der Waals surface area contributed by atoms with E-state index < -0.39 is 11.6 Å². The van der Waals surface area contributed by atoms with Gasteiger partial charge in [-0.05, 0) is 82.4 Å². The van der Waals surface area contributed by atoms with E-state index >= 15 is 0 Å². The molecule has 1 amide bonds. The molecule has 0 saturated heterocycles. The molecule has 6 aromatic rings. The molecular formula is C45H39BrN2O4S. The fourth-order valence-electron chi connectivity index (χ4n) is 6.37. The average molecular weight is 784 g/mol. The van der Waals surface area contributed by atoms with E-state index in [2.05, 4.69) is 69.8 Å². The van der Waals surface area contributed by atoms with Crippen LogP contribution in [0, 0.1) is 0 Å². The molecular weight excluding hydrogens is 744 g/mol. The number of aliphatic hydroxyl groups excluding tert-OH is 1. The van der Waals surface area contributed by atoms with Crippen LogP contribution in [-0.2, 0) is 22.5 Å². The summed E-state index contributed by atoms with van der Waals surface area (Å²) in [6.45, 7) is 0.801. The monoisotopic (exact) mass is 782 g/mol. The van der Waals surface area contributed by atoms with Gasteiger partial charge in [-0.2, -0.15) is 0 Å². The van der Waals surface area contributed by atoms with Crippen molar-refractivity contribution in [2.24, 2.45) is 4.99 Å². The van der Waals surface area contributed by atoms with Crippen molar-refractivity contribution in [3.8, 4) is 16.9 Å². The number of carbonyl (C=O) groups excluding carboxylic acids is 1. The van der Waals surface area contributed by atoms with Crippen molar-refractivity contribution in [2.75, 3.05) is 13.2 Å². The zero-order chi connectivity index (χ0) is 36.5. The van der Waals surface area contributed by atoms with E-state index in [1.54, 1.807) is 11.8 Å². The van der Waals surface area contributed by atoms with Crippen molar-refractivity contribution in [1.29, 1.82) is 0 Å². The first-order chi connectivity index (χ1) is 26.0. The highest BCUT2D eigenvalue weighted by molar-refractivity contribution is 9.10. The first-order valence-corrected chi connectivity index (χ1v) is 19.2. The van der Waals surface area contributed by atoms with E-state index in [1.807, 2.05) is 109 Å². The van der Waals surface area contributed by atoms with Gasteiger partial charge in [-0.25, -0.2) is 4.99 Å². The number of ether oxygens (including phenoxy) is 2. The van der Waals surface area contributed by atoms with Crippen LogP contribution in [0.3, 0.4) is 0 Å². The molecule has 0 aromatic heterocycles. The van der Waals surface area contributed by atoms with Gasteiger partial charge in [0.1, 0.15) is 5.75 Å². The molecule has 1 heterocycles. The lowest BCUT2D eigenvalue weighted by atomic mass is 9.81. The molecule has 2 atom stereocenters. The summed E-state index contributed by atoms with van der Waals surface area (Å²) in [5.41, 5.74) is 4.39. The van der Waals surface area contributed by atoms with Crippen molar-refractivity contribution < 1.29 is 19.4 Å². The minimum Gasteiger partial charge on any atom is -0.494 e. The maximum absolute atomic E-state index is 15.0. The van der Waals surface area contributed by atoms with Crippen LogP contribution in [-0.4, -0.2) is 35.7 Å². The van der Waals surface area contributed by atoms with Crippen LogP contribution in [0.2, 0.25) is 0 Å². The number of carbonyl (C=O) groups is 1. The summed E-state index contributed by atoms with van der Waals surface area (Å²) < 4.78 is 13.5. The Hall–Kier alpha value is -5.15. The first kappa shape index (κ1) is 36.2. The molecule has 6 nitrogen and oxygen atoms in total. The number of amides is 1. The van der Waals surface area contributed by atoms with Gasteiger partial charge < -0.3 is 19.9 Å². The van der Waals surface area contributed by atoms with Crippen LogP contribution in [0.5, 0.6) is 5.75 Å². The van der Waals surface area contributed by atoms with E-state index in [9.17, 15) is 4.79 Å². The van der Waals surface area contributed by atoms with Crippen LogP contribution >= 0.6 is 27.7 Å². The second-order valence-corrected chi connectivity index (χ2v) is 14.8. The number of nitrogens with zero attached hydrogens (tertiary/aromatic N) is 1. The van der Waals surface area contributed by atoms with Gasteiger partial charge in [-0.1, -0.05) is 131 Å². The normalized spacial score (nSPS) is 16.4. The fraction of sp³-hybridized carbons (Fsp3) is 0.156. The van der Waals surface area contributed by atoms with Crippen LogP contribution < -0.4 is 10.1 Å². The van der Waals surface area contributed by atoms with Gasteiger partial charge in [0, 0.05) is 45.8 Å². The molecule has 0 radical (unpaired) electrons. The summed E-state index contributed by atoms with van der Waals surface area (Å²) in [5, 5.41) is 12.5. The molecule has 1 aliphatic heterocycles. The number of aliphatic imine (C=N–C) groups is 1. The molecule has 266 valence electrons. The molecule has 6 aromatic carbocycles. The molecule has 7 rings (SSSR count). The Morgan fingerprint density at radius 1 is 0.774 bits per heavy atom. The Morgan fingerprint density at radius 2 is 1.42 bits per heavy atom. The molecule has 53 heavy (non-hydrogen) atoms. The second kappa shape index (κ2) is 17.1. The van der Waals surface area contributed by atoms with Crippen LogP contribution in [0.15, 0.2) is 177 Å². The van der Waals surface area contributed by atoms with Crippen molar-refractivity contribution >= 4 is 39.5 Å². The number of hydrogen-bond donors (Lipinski definition) is 2. The molecule has 0 saturated carbocycles. The van der Waals surface area contributed by atoms with E-state index in [0.29, 0.717) is 37.6 Å². The Morgan fingerprint density at radius 3 is 2.13 bits per heavy atom. The van der Waals surface area contributed by atoms with Crippen molar-refractivity contribution in [3.63, 3.8) is 0 Å². The number of benzene rings is 6. The van der Waals surface area contributed by atoms with E-state index in [4.69, 9.17) is 19.6 Å². The summed E-state index contributed by atoms with van der Waals surface area (Å²) in [7, 11) is 0. The molecule has 0 fully saturated rings. The number of aliphatic hydroxyl groups is 1. The van der Waals surface area contributed by atoms with E-state index in [1.165, 1.54) is 0 Å². The number of nitrogens with one attached hydrogen (secondary N) is 1. The van der Waals surface area contributed by atoms with Crippen LogP contribution in [0.1, 0.15) is 34.8 Å². The predicted molar refractivity (Wildman–Crippen MR) is 215 cm³/mol. The molecule has 0 bridgehead atoms. The highest BCUT2D eigenvalue weighted by Gasteiger charge is 2.53. The molecule has 0 unspecified atom stereocenters. The lowest BCUT2D eigenvalue weighted by molar-refractivity contribution is -0.129. The lowest BCUT2D eigenvalue weighted by Gasteiger charge is -2.31. The topological polar surface area (TPSA) is 80.2 Å². The summed E-state index contributed by atoms with van der Waals surface area (Å²) in [4.78, 5) is 22.4. The van der Waals surface area contributed by atoms with Crippen molar-refractivity contribution in [1.82, 2.24) is 5.32 Å². The standard InChI is InChI=1S/C45H39BrN2O4S/c46-38-24-16-32(17-25-38)30-45(44(50)47-31-37-12-7-8-15-41(37)53-40-13-5-2-6-14-40)42(35-20-18-34(19-21-35)33-10-3-1-4-11-33)52-43(48-45)36-22-26-39(27-23-36)51-29-9-28-49/h1-8,10-27,42,49H,9,28-31H2,(H,47,50)/t42-,45-/m1/s1. The minimum absolute atomic E-state index is 0.0659. The van der Waals surface area contributed by atoms with Gasteiger partial charge in [0.2, 0.25) is 5.90 Å². The van der Waals surface area contributed by atoms with Gasteiger partial charge in [0.25, 0.3) is 5.91 Å². The molecule has 8 heteroatoms. The highest BCUT2D eigenvalue weighted by atomic mass is 79.9. The van der Waals surface area contributed by atoms with Gasteiger partial charge in [0.15, 0.2) is 11.6 Å². The smallest absolute Gasteiger partial charge is 0.252 e. The third kappa shape index (κ3) is 8.74. The summed E-state index contributed by atoms with van der Waals surface area (Å²) >= 11 is 5.24. The van der Waals surface area contributed by atoms with Gasteiger partial charge >= 0.3 is 0 Å². The Bertz CT molecular complexity index is 2140. The van der Waals surface area contributed by atoms with E-state index in [0.717, 1.165) is 47.6 Å². The number of halogens is 1. The van der Waals surface area contributed by atoms with Gasteiger partial charge in [-0.3, -0.25) is 4.79 Å². The molecule has 0 spiro atoms. The van der Waals surface area contributed by atoms with Crippen molar-refractivity contribution in [3.05, 3.63) is 184 Å². The Kier molecular flexibility index (Phi) is 11.7. The maximum atomic E-state index is 15.0. The van der Waals surface area contributed by atoms with Crippen LogP contribution in [0.4, 0.5) is 0 Å². The van der Waals surface area contributed by atoms with Crippen molar-refractivity contribution in [2.45, 2.75) is 40.8 Å². The van der Waals surface area contributed by atoms with E-state index in [-0.39, 0.29) is 12.5 Å². The molecule has 2 N–H and O–H groups in total. The fourth-order valence-corrected chi connectivity index (χ4v) is 7.60.